The second kappa shape index (κ2) is 19.2. The molecule has 0 saturated carbocycles. The predicted molar refractivity (Wildman–Crippen MR) is 119 cm³/mol. The van der Waals surface area contributed by atoms with E-state index in [1.165, 1.54) is 19.3 Å². The third-order valence-electron chi connectivity index (χ3n) is 4.11. The Morgan fingerprint density at radius 2 is 1.80 bits per heavy atom. The van der Waals surface area contributed by atoms with Crippen LogP contribution in [0.25, 0.3) is 0 Å². The third-order valence-corrected chi connectivity index (χ3v) is 4.81. The van der Waals surface area contributed by atoms with E-state index < -0.39 is 15.9 Å². The molecule has 0 aliphatic heterocycles. The maximum absolute atomic E-state index is 11.5. The van der Waals surface area contributed by atoms with E-state index in [2.05, 4.69) is 23.2 Å². The van der Waals surface area contributed by atoms with Crippen molar-refractivity contribution in [1.29, 1.82) is 0 Å². The van der Waals surface area contributed by atoms with Gasteiger partial charge in [0.25, 0.3) is 0 Å². The molecule has 1 atom stereocenters. The van der Waals surface area contributed by atoms with Crippen LogP contribution in [0.15, 0.2) is 48.6 Å². The normalized spacial score (nSPS) is 13.8. The van der Waals surface area contributed by atoms with Gasteiger partial charge in [-0.3, -0.25) is 10.1 Å². The Morgan fingerprint density at radius 3 is 2.50 bits per heavy atom. The van der Waals surface area contributed by atoms with Gasteiger partial charge in [0.15, 0.2) is 0 Å². The number of nitrogens with one attached hydrogen (secondary N) is 1. The van der Waals surface area contributed by atoms with Gasteiger partial charge in [0.05, 0.1) is 15.9 Å². The summed E-state index contributed by atoms with van der Waals surface area (Å²) >= 11 is 0. The Bertz CT molecular complexity index is 653. The summed E-state index contributed by atoms with van der Waals surface area (Å²) in [5.74, 6) is -0.839. The molecule has 0 spiro atoms. The van der Waals surface area contributed by atoms with Crippen molar-refractivity contribution in [3.05, 3.63) is 48.6 Å². The summed E-state index contributed by atoms with van der Waals surface area (Å²) in [6.07, 6.45) is 23.0. The van der Waals surface area contributed by atoms with Crippen molar-refractivity contribution in [2.75, 3.05) is 12.3 Å². The molecule has 0 fully saturated rings. The standard InChI is InChI=1S/C22H37NO6S/c1-2-3-4-5-10-13-16-21(29-25)17-14-11-8-6-7-9-12-15-18-22(24)23-19-20-30(26,27)28/h7-11,13-14,17,21,25H,2-6,12,15-16,18-20H2,1H3,(H,23,24)(H,26,27,28)/p-1/b9-7-,11-8-,13-10-,17-14+/t21-/m0/s1. The summed E-state index contributed by atoms with van der Waals surface area (Å²) in [6.45, 7) is 2.03. The number of amides is 1. The average molecular weight is 443 g/mol. The van der Waals surface area contributed by atoms with Crippen LogP contribution in [-0.2, 0) is 19.8 Å². The third kappa shape index (κ3) is 21.0. The van der Waals surface area contributed by atoms with E-state index in [0.29, 0.717) is 12.8 Å². The highest BCUT2D eigenvalue weighted by molar-refractivity contribution is 7.85. The lowest BCUT2D eigenvalue weighted by Crippen LogP contribution is -2.28. The van der Waals surface area contributed by atoms with Crippen molar-refractivity contribution < 1.29 is 27.9 Å². The van der Waals surface area contributed by atoms with Gasteiger partial charge in [-0.2, -0.15) is 0 Å². The first-order valence-electron chi connectivity index (χ1n) is 10.5. The van der Waals surface area contributed by atoms with Gasteiger partial charge in [0, 0.05) is 13.0 Å². The molecule has 7 nitrogen and oxygen atoms in total. The van der Waals surface area contributed by atoms with Crippen LogP contribution in [0.3, 0.4) is 0 Å². The van der Waals surface area contributed by atoms with Gasteiger partial charge < -0.3 is 9.87 Å². The van der Waals surface area contributed by atoms with E-state index in [-0.39, 0.29) is 25.0 Å². The Kier molecular flexibility index (Phi) is 18.1. The van der Waals surface area contributed by atoms with Crippen molar-refractivity contribution >= 4 is 16.0 Å². The Morgan fingerprint density at radius 1 is 1.07 bits per heavy atom. The summed E-state index contributed by atoms with van der Waals surface area (Å²) in [5.41, 5.74) is 0. The topological polar surface area (TPSA) is 116 Å². The van der Waals surface area contributed by atoms with Crippen LogP contribution in [0, 0.1) is 0 Å². The number of hydrogen-bond donors (Lipinski definition) is 2. The fourth-order valence-electron chi connectivity index (χ4n) is 2.44. The quantitative estimate of drug-likeness (QED) is 0.0818. The zero-order valence-corrected chi connectivity index (χ0v) is 18.7. The lowest BCUT2D eigenvalue weighted by Gasteiger charge is -2.07. The summed E-state index contributed by atoms with van der Waals surface area (Å²) < 4.78 is 31.3. The molecule has 0 radical (unpaired) electrons. The maximum Gasteiger partial charge on any atom is 0.220 e. The number of hydrogen-bond acceptors (Lipinski definition) is 6. The lowest BCUT2D eigenvalue weighted by molar-refractivity contribution is -0.264. The Hall–Kier alpha value is -1.74. The molecule has 0 saturated heterocycles. The molecule has 8 heteroatoms. The van der Waals surface area contributed by atoms with Crippen LogP contribution < -0.4 is 5.32 Å². The van der Waals surface area contributed by atoms with Gasteiger partial charge in [-0.05, 0) is 38.5 Å². The SMILES string of the molecule is CCCCC/C=C\C[C@@H](/C=C/C=C\C/C=C\CCCC(=O)NCCS(=O)(=O)[O-])OO. The number of unbranched alkanes of at least 4 members (excludes halogenated alkanes) is 4. The largest absolute Gasteiger partial charge is 0.748 e. The van der Waals surface area contributed by atoms with Crippen LogP contribution >= 0.6 is 0 Å². The van der Waals surface area contributed by atoms with Crippen LogP contribution in [0.5, 0.6) is 0 Å². The first-order chi connectivity index (χ1) is 14.4. The highest BCUT2D eigenvalue weighted by Crippen LogP contribution is 2.04. The second-order valence-electron chi connectivity index (χ2n) is 6.87. The first kappa shape index (κ1) is 28.3. The highest BCUT2D eigenvalue weighted by Gasteiger charge is 2.01. The minimum atomic E-state index is -4.29. The van der Waals surface area contributed by atoms with Crippen LogP contribution in [0.4, 0.5) is 0 Å². The van der Waals surface area contributed by atoms with Gasteiger partial charge in [-0.1, -0.05) is 68.4 Å². The molecule has 0 rings (SSSR count). The molecule has 0 heterocycles. The number of carbonyl (C=O) groups excluding carboxylic acids is 1. The van der Waals surface area contributed by atoms with E-state index in [1.54, 1.807) is 6.08 Å². The predicted octanol–water partition coefficient (Wildman–Crippen LogP) is 4.26. The van der Waals surface area contributed by atoms with Crippen molar-refractivity contribution in [2.24, 2.45) is 0 Å². The molecule has 0 unspecified atom stereocenters. The molecule has 1 amide bonds. The Labute approximate surface area is 181 Å². The average Bonchev–Trinajstić information content (AvgIpc) is 2.69. The molecule has 0 aliphatic rings. The molecule has 30 heavy (non-hydrogen) atoms. The summed E-state index contributed by atoms with van der Waals surface area (Å²) in [4.78, 5) is 15.9. The second-order valence-corrected chi connectivity index (χ2v) is 8.39. The summed E-state index contributed by atoms with van der Waals surface area (Å²) in [5, 5.41) is 11.3. The molecule has 0 aromatic rings. The fraction of sp³-hybridized carbons (Fsp3) is 0.591. The monoisotopic (exact) mass is 442 g/mol. The molecule has 2 N–H and O–H groups in total. The van der Waals surface area contributed by atoms with Gasteiger partial charge in [0.1, 0.15) is 6.10 Å². The van der Waals surface area contributed by atoms with Gasteiger partial charge in [-0.15, -0.1) is 0 Å². The first-order valence-corrected chi connectivity index (χ1v) is 12.1. The van der Waals surface area contributed by atoms with E-state index in [0.717, 1.165) is 19.3 Å². The van der Waals surface area contributed by atoms with Crippen molar-refractivity contribution in [1.82, 2.24) is 5.32 Å². The highest BCUT2D eigenvalue weighted by atomic mass is 32.2. The molecule has 172 valence electrons. The van der Waals surface area contributed by atoms with E-state index in [1.807, 2.05) is 36.5 Å². The smallest absolute Gasteiger partial charge is 0.220 e. The minimum absolute atomic E-state index is 0.143. The minimum Gasteiger partial charge on any atom is -0.748 e. The van der Waals surface area contributed by atoms with Gasteiger partial charge in [0.2, 0.25) is 5.91 Å². The fourth-order valence-corrected chi connectivity index (χ4v) is 2.79. The van der Waals surface area contributed by atoms with Crippen molar-refractivity contribution in [3.63, 3.8) is 0 Å². The maximum atomic E-state index is 11.5. The van der Waals surface area contributed by atoms with Crippen molar-refractivity contribution in [3.8, 4) is 0 Å². The van der Waals surface area contributed by atoms with Gasteiger partial charge in [-0.25, -0.2) is 13.3 Å². The molecular formula is C22H36NO6S-. The number of rotatable bonds is 18. The van der Waals surface area contributed by atoms with E-state index in [9.17, 15) is 17.8 Å². The number of allylic oxidation sites excluding steroid dienone is 6. The van der Waals surface area contributed by atoms with E-state index in [4.69, 9.17) is 5.26 Å². The van der Waals surface area contributed by atoms with Gasteiger partial charge >= 0.3 is 0 Å². The molecule has 0 aromatic carbocycles. The summed E-state index contributed by atoms with van der Waals surface area (Å²) in [7, 11) is -4.29. The van der Waals surface area contributed by atoms with Crippen molar-refractivity contribution in [2.45, 2.75) is 70.8 Å². The molecular weight excluding hydrogens is 406 g/mol. The molecule has 0 bridgehead atoms. The molecule has 0 aliphatic carbocycles. The van der Waals surface area contributed by atoms with Crippen LogP contribution in [-0.4, -0.2) is 42.5 Å². The Balaban J connectivity index is 3.82. The van der Waals surface area contributed by atoms with Crippen LogP contribution in [0.2, 0.25) is 0 Å². The lowest BCUT2D eigenvalue weighted by atomic mass is 10.1. The van der Waals surface area contributed by atoms with Crippen LogP contribution in [0.1, 0.15) is 64.7 Å². The zero-order chi connectivity index (χ0) is 22.5. The van der Waals surface area contributed by atoms with E-state index >= 15 is 0 Å². The number of carbonyl (C=O) groups is 1. The zero-order valence-electron chi connectivity index (χ0n) is 17.9. The summed E-state index contributed by atoms with van der Waals surface area (Å²) in [6, 6.07) is 0. The molecule has 0 aromatic heterocycles.